The fraction of sp³-hybridized carbons (Fsp3) is 0. The van der Waals surface area contributed by atoms with Gasteiger partial charge in [0.05, 0.1) is 0 Å². The molecule has 2 N–H and O–H groups in total. The van der Waals surface area contributed by atoms with E-state index in [2.05, 4.69) is 4.98 Å². The fourth-order valence-electron chi connectivity index (χ4n) is 1.14. The monoisotopic (exact) mass is 209 g/mol. The third-order valence-electron chi connectivity index (χ3n) is 1.81. The van der Waals surface area contributed by atoms with Crippen LogP contribution in [0.25, 0.3) is 11.2 Å². The van der Waals surface area contributed by atoms with E-state index in [1.54, 1.807) is 6.19 Å². The largest absolute Gasteiger partial charge is 0.422 e. The molecule has 0 aliphatic heterocycles. The number of imidazole rings is 1. The Balaban J connectivity index is 3.20. The van der Waals surface area contributed by atoms with Gasteiger partial charge >= 0.3 is 11.2 Å². The maximum Gasteiger partial charge on any atom is 0.399 e. The molecule has 0 aliphatic carbocycles. The van der Waals surface area contributed by atoms with Crippen molar-refractivity contribution in [1.82, 2.24) is 19.0 Å². The Kier molecular flexibility index (Phi) is 1.54. The maximum absolute atomic E-state index is 11.2. The summed E-state index contributed by atoms with van der Waals surface area (Å²) in [6.07, 6.45) is 2.51. The summed E-state index contributed by atoms with van der Waals surface area (Å²) in [4.78, 5) is 25.8. The average Bonchev–Trinajstić information content (AvgIpc) is 2.67. The molecule has 0 unspecified atom stereocenters. The molecule has 15 heavy (non-hydrogen) atoms. The molecule has 0 fully saturated rings. The molecule has 0 saturated heterocycles. The second-order valence-electron chi connectivity index (χ2n) is 2.60. The first-order valence-corrected chi connectivity index (χ1v) is 3.61. The minimum atomic E-state index is -1.37. The van der Waals surface area contributed by atoms with Crippen molar-refractivity contribution in [2.24, 2.45) is 0 Å². The van der Waals surface area contributed by atoms with E-state index in [-0.39, 0.29) is 15.0 Å². The van der Waals surface area contributed by atoms with Crippen molar-refractivity contribution < 1.29 is 10.4 Å². The zero-order valence-corrected chi connectivity index (χ0v) is 7.02. The van der Waals surface area contributed by atoms with Crippen molar-refractivity contribution in [3.8, 4) is 6.19 Å². The molecule has 2 aromatic heterocycles. The van der Waals surface area contributed by atoms with Gasteiger partial charge in [0.2, 0.25) is 5.65 Å². The SMILES string of the molecule is N#Cn1cnc2c(=O)n(O)c(=O)n(O)c21. The average molecular weight is 209 g/mol. The van der Waals surface area contributed by atoms with Gasteiger partial charge in [0.25, 0.3) is 0 Å². The number of nitrogens with zero attached hydrogens (tertiary/aromatic N) is 5. The lowest BCUT2D eigenvalue weighted by atomic mass is 10.5. The van der Waals surface area contributed by atoms with E-state index < -0.39 is 16.9 Å². The number of hydrogen-bond donors (Lipinski definition) is 2. The minimum absolute atomic E-state index is 0.0348. The van der Waals surface area contributed by atoms with E-state index >= 15 is 0 Å². The molecule has 0 spiro atoms. The van der Waals surface area contributed by atoms with E-state index in [9.17, 15) is 14.8 Å². The maximum atomic E-state index is 11.2. The van der Waals surface area contributed by atoms with Gasteiger partial charge in [-0.1, -0.05) is 4.73 Å². The van der Waals surface area contributed by atoms with Crippen molar-refractivity contribution in [2.75, 3.05) is 0 Å². The van der Waals surface area contributed by atoms with Crippen molar-refractivity contribution in [1.29, 1.82) is 5.26 Å². The van der Waals surface area contributed by atoms with E-state index in [0.717, 1.165) is 10.9 Å². The molecule has 76 valence electrons. The van der Waals surface area contributed by atoms with Gasteiger partial charge in [-0.05, 0) is 0 Å². The van der Waals surface area contributed by atoms with Crippen molar-refractivity contribution in [3.63, 3.8) is 0 Å². The molecular formula is C6H3N5O4. The fourth-order valence-corrected chi connectivity index (χ4v) is 1.14. The molecule has 0 radical (unpaired) electrons. The van der Waals surface area contributed by atoms with Crippen LogP contribution in [-0.4, -0.2) is 29.4 Å². The number of rotatable bonds is 0. The lowest BCUT2D eigenvalue weighted by Gasteiger charge is -2.00. The van der Waals surface area contributed by atoms with Crippen LogP contribution in [0.4, 0.5) is 0 Å². The molecule has 0 aliphatic rings. The predicted octanol–water partition coefficient (Wildman–Crippen LogP) is -1.84. The summed E-state index contributed by atoms with van der Waals surface area (Å²) in [5.74, 6) is 0. The highest BCUT2D eigenvalue weighted by Crippen LogP contribution is 2.02. The standard InChI is InChI=1S/C6H3N5O4/c7-1-9-2-8-3-4(9)10(14)6(13)11(15)5(3)12/h2,14-15H. The summed E-state index contributed by atoms with van der Waals surface area (Å²) in [7, 11) is 0. The minimum Gasteiger partial charge on any atom is -0.422 e. The Labute approximate surface area is 80.2 Å². The Bertz CT molecular complexity index is 699. The second kappa shape index (κ2) is 2.61. The molecule has 2 aromatic rings. The Hall–Kier alpha value is -2.76. The highest BCUT2D eigenvalue weighted by atomic mass is 16.5. The second-order valence-corrected chi connectivity index (χ2v) is 2.60. The Morgan fingerprint density at radius 2 is 2.00 bits per heavy atom. The zero-order valence-electron chi connectivity index (χ0n) is 7.02. The van der Waals surface area contributed by atoms with Crippen LogP contribution in [0.15, 0.2) is 15.9 Å². The molecular weight excluding hydrogens is 206 g/mol. The number of hydrogen-bond acceptors (Lipinski definition) is 6. The summed E-state index contributed by atoms with van der Waals surface area (Å²) in [6.45, 7) is 0. The van der Waals surface area contributed by atoms with E-state index in [0.29, 0.717) is 0 Å². The Morgan fingerprint density at radius 3 is 2.60 bits per heavy atom. The molecule has 9 heteroatoms. The molecule has 0 aromatic carbocycles. The van der Waals surface area contributed by atoms with Gasteiger partial charge < -0.3 is 10.4 Å². The zero-order chi connectivity index (χ0) is 11.2. The van der Waals surface area contributed by atoms with Crippen LogP contribution in [0.1, 0.15) is 0 Å². The van der Waals surface area contributed by atoms with Crippen LogP contribution >= 0.6 is 0 Å². The van der Waals surface area contributed by atoms with Gasteiger partial charge in [0, 0.05) is 0 Å². The van der Waals surface area contributed by atoms with Crippen LogP contribution in [0.3, 0.4) is 0 Å². The van der Waals surface area contributed by atoms with Crippen molar-refractivity contribution >= 4 is 11.2 Å². The Morgan fingerprint density at radius 1 is 1.33 bits per heavy atom. The number of fused-ring (bicyclic) bond motifs is 1. The lowest BCUT2D eigenvalue weighted by molar-refractivity contribution is 0.110. The molecule has 0 amide bonds. The number of aromatic nitrogens is 4. The highest BCUT2D eigenvalue weighted by Gasteiger charge is 2.16. The molecule has 0 atom stereocenters. The van der Waals surface area contributed by atoms with Crippen LogP contribution < -0.4 is 11.2 Å². The lowest BCUT2D eigenvalue weighted by Crippen LogP contribution is -2.38. The summed E-state index contributed by atoms with van der Waals surface area (Å²) in [6, 6.07) is 0. The molecule has 2 rings (SSSR count). The third-order valence-corrected chi connectivity index (χ3v) is 1.81. The van der Waals surface area contributed by atoms with Gasteiger partial charge in [-0.25, -0.2) is 14.3 Å². The molecule has 2 heterocycles. The van der Waals surface area contributed by atoms with Crippen LogP contribution in [-0.2, 0) is 0 Å². The smallest absolute Gasteiger partial charge is 0.399 e. The van der Waals surface area contributed by atoms with Crippen LogP contribution in [0, 0.1) is 11.5 Å². The molecule has 0 bridgehead atoms. The van der Waals surface area contributed by atoms with Crippen molar-refractivity contribution in [2.45, 2.75) is 0 Å². The van der Waals surface area contributed by atoms with E-state index in [1.165, 1.54) is 0 Å². The van der Waals surface area contributed by atoms with Gasteiger partial charge in [0.1, 0.15) is 6.33 Å². The summed E-state index contributed by atoms with van der Waals surface area (Å²) < 4.78 is 0.391. The first-order valence-electron chi connectivity index (χ1n) is 3.61. The first-order chi connectivity index (χ1) is 7.07. The van der Waals surface area contributed by atoms with Gasteiger partial charge in [-0.15, -0.1) is 4.73 Å². The summed E-state index contributed by atoms with van der Waals surface area (Å²) in [5, 5.41) is 26.8. The van der Waals surface area contributed by atoms with E-state index in [1.807, 2.05) is 0 Å². The third kappa shape index (κ3) is 0.923. The van der Waals surface area contributed by atoms with Crippen molar-refractivity contribution in [3.05, 3.63) is 27.2 Å². The summed E-state index contributed by atoms with van der Waals surface area (Å²) >= 11 is 0. The van der Waals surface area contributed by atoms with Crippen LogP contribution in [0.2, 0.25) is 0 Å². The van der Waals surface area contributed by atoms with Gasteiger partial charge in [0.15, 0.2) is 11.7 Å². The quantitative estimate of drug-likeness (QED) is 0.491. The normalized spacial score (nSPS) is 10.3. The van der Waals surface area contributed by atoms with Crippen LogP contribution in [0.5, 0.6) is 0 Å². The highest BCUT2D eigenvalue weighted by molar-refractivity contribution is 5.70. The first kappa shape index (κ1) is 8.82. The summed E-state index contributed by atoms with van der Waals surface area (Å²) in [5.41, 5.74) is -3.25. The van der Waals surface area contributed by atoms with Gasteiger partial charge in [-0.2, -0.15) is 5.26 Å². The van der Waals surface area contributed by atoms with Gasteiger partial charge in [-0.3, -0.25) is 4.79 Å². The topological polar surface area (TPSA) is 126 Å². The van der Waals surface area contributed by atoms with E-state index in [4.69, 9.17) is 10.5 Å². The molecule has 0 saturated carbocycles. The molecule has 9 nitrogen and oxygen atoms in total. The predicted molar refractivity (Wildman–Crippen MR) is 43.6 cm³/mol. The number of nitriles is 1.